The highest BCUT2D eigenvalue weighted by Crippen LogP contribution is 2.26. The van der Waals surface area contributed by atoms with Gasteiger partial charge in [-0.25, -0.2) is 8.78 Å². The molecule has 0 amide bonds. The maximum absolute atomic E-state index is 12.3. The van der Waals surface area contributed by atoms with Gasteiger partial charge in [0.1, 0.15) is 0 Å². The molecule has 0 saturated carbocycles. The molecule has 3 N–H and O–H groups in total. The lowest BCUT2D eigenvalue weighted by molar-refractivity contribution is 0.115. The number of hydrogen-bond acceptors (Lipinski definition) is 2. The molecule has 1 aromatic heterocycles. The predicted molar refractivity (Wildman–Crippen MR) is 44.1 cm³/mol. The summed E-state index contributed by atoms with van der Waals surface area (Å²) in [5.41, 5.74) is 5.54. The molecule has 0 aliphatic carbocycles. The summed E-state index contributed by atoms with van der Waals surface area (Å²) >= 11 is 3.09. The number of hydrogen-bond donors (Lipinski definition) is 2. The van der Waals surface area contributed by atoms with Crippen LogP contribution in [0.3, 0.4) is 0 Å². The molecular formula is C6H8BrF2N3. The van der Waals surface area contributed by atoms with E-state index in [0.717, 1.165) is 0 Å². The van der Waals surface area contributed by atoms with E-state index in [1.165, 1.54) is 6.20 Å². The molecule has 1 unspecified atom stereocenters. The molecule has 1 rings (SSSR count). The minimum absolute atomic E-state index is 0.0987. The normalized spacial score (nSPS) is 13.8. The number of halogens is 3. The van der Waals surface area contributed by atoms with Crippen LogP contribution < -0.4 is 5.73 Å². The molecule has 0 fully saturated rings. The Bertz CT molecular complexity index is 251. The van der Waals surface area contributed by atoms with Crippen molar-refractivity contribution >= 4 is 15.9 Å². The van der Waals surface area contributed by atoms with Gasteiger partial charge in [0.2, 0.25) is 6.43 Å². The van der Waals surface area contributed by atoms with Crippen LogP contribution in [0.1, 0.15) is 11.6 Å². The Kier molecular flexibility index (Phi) is 3.16. The van der Waals surface area contributed by atoms with Crippen LogP contribution >= 0.6 is 15.9 Å². The topological polar surface area (TPSA) is 54.7 Å². The van der Waals surface area contributed by atoms with Crippen molar-refractivity contribution in [2.24, 2.45) is 5.73 Å². The zero-order valence-corrected chi connectivity index (χ0v) is 7.68. The van der Waals surface area contributed by atoms with Gasteiger partial charge in [-0.3, -0.25) is 5.10 Å². The lowest BCUT2D eigenvalue weighted by Crippen LogP contribution is -2.20. The van der Waals surface area contributed by atoms with Crippen molar-refractivity contribution in [3.63, 3.8) is 0 Å². The van der Waals surface area contributed by atoms with Crippen molar-refractivity contribution in [1.29, 1.82) is 0 Å². The van der Waals surface area contributed by atoms with Gasteiger partial charge in [-0.15, -0.1) is 0 Å². The van der Waals surface area contributed by atoms with Crippen LogP contribution in [0.2, 0.25) is 0 Å². The average molecular weight is 240 g/mol. The molecule has 6 heteroatoms. The molecule has 0 radical (unpaired) electrons. The summed E-state index contributed by atoms with van der Waals surface area (Å²) in [5.74, 6) is -0.970. The molecule has 3 nitrogen and oxygen atoms in total. The van der Waals surface area contributed by atoms with Gasteiger partial charge in [-0.1, -0.05) is 0 Å². The molecular weight excluding hydrogens is 232 g/mol. The van der Waals surface area contributed by atoms with Crippen LogP contribution in [0.25, 0.3) is 0 Å². The minimum atomic E-state index is -2.47. The number of nitrogens with zero attached hydrogens (tertiary/aromatic N) is 1. The summed E-state index contributed by atoms with van der Waals surface area (Å²) in [5, 5.41) is 6.09. The fourth-order valence-corrected chi connectivity index (χ4v) is 1.37. The van der Waals surface area contributed by atoms with Gasteiger partial charge < -0.3 is 5.73 Å². The van der Waals surface area contributed by atoms with E-state index in [0.29, 0.717) is 10.2 Å². The van der Waals surface area contributed by atoms with Gasteiger partial charge in [0, 0.05) is 6.54 Å². The second-order valence-electron chi connectivity index (χ2n) is 2.31. The molecule has 1 atom stereocenters. The minimum Gasteiger partial charge on any atom is -0.330 e. The van der Waals surface area contributed by atoms with E-state index in [-0.39, 0.29) is 6.54 Å². The molecule has 1 heterocycles. The molecule has 1 aromatic rings. The largest absolute Gasteiger partial charge is 0.330 e. The molecule has 0 aliphatic rings. The Morgan fingerprint density at radius 3 is 2.67 bits per heavy atom. The zero-order chi connectivity index (χ0) is 9.14. The van der Waals surface area contributed by atoms with Crippen molar-refractivity contribution in [3.8, 4) is 0 Å². The smallest absolute Gasteiger partial charge is 0.248 e. The Balaban J connectivity index is 2.87. The van der Waals surface area contributed by atoms with Gasteiger partial charge in [-0.2, -0.15) is 5.10 Å². The van der Waals surface area contributed by atoms with E-state index in [1.807, 2.05) is 0 Å². The Morgan fingerprint density at radius 1 is 1.67 bits per heavy atom. The van der Waals surface area contributed by atoms with E-state index in [1.54, 1.807) is 0 Å². The van der Waals surface area contributed by atoms with Crippen molar-refractivity contribution in [1.82, 2.24) is 10.2 Å². The highest BCUT2D eigenvalue weighted by Gasteiger charge is 2.24. The number of aromatic nitrogens is 2. The van der Waals surface area contributed by atoms with E-state index in [9.17, 15) is 8.78 Å². The molecule has 68 valence electrons. The summed E-state index contributed by atoms with van der Waals surface area (Å²) < 4.78 is 25.1. The summed E-state index contributed by atoms with van der Waals surface area (Å²) in [4.78, 5) is 0. The monoisotopic (exact) mass is 239 g/mol. The Hall–Kier alpha value is -0.490. The Labute approximate surface area is 76.5 Å². The fraction of sp³-hybridized carbons (Fsp3) is 0.500. The third kappa shape index (κ3) is 1.81. The first kappa shape index (κ1) is 9.60. The van der Waals surface area contributed by atoms with E-state index < -0.39 is 12.3 Å². The first-order valence-corrected chi connectivity index (χ1v) is 4.13. The summed E-state index contributed by atoms with van der Waals surface area (Å²) in [7, 11) is 0. The van der Waals surface area contributed by atoms with Gasteiger partial charge in [0.05, 0.1) is 22.3 Å². The molecule has 0 aliphatic heterocycles. The van der Waals surface area contributed by atoms with Gasteiger partial charge in [-0.05, 0) is 15.9 Å². The second kappa shape index (κ2) is 3.95. The number of H-pyrrole nitrogens is 1. The van der Waals surface area contributed by atoms with Crippen LogP contribution in [0.4, 0.5) is 8.78 Å². The van der Waals surface area contributed by atoms with Crippen LogP contribution in [0.5, 0.6) is 0 Å². The van der Waals surface area contributed by atoms with Crippen LogP contribution in [-0.4, -0.2) is 23.2 Å². The molecule has 0 spiro atoms. The van der Waals surface area contributed by atoms with E-state index in [4.69, 9.17) is 5.73 Å². The third-order valence-electron chi connectivity index (χ3n) is 1.55. The molecule has 12 heavy (non-hydrogen) atoms. The number of alkyl halides is 2. The standard InChI is InChI=1S/C6H8BrF2N3/c7-4-2-11-12-5(4)3(1-10)6(8)9/h2-3,6H,1,10H2,(H,11,12). The highest BCUT2D eigenvalue weighted by molar-refractivity contribution is 9.10. The van der Waals surface area contributed by atoms with E-state index in [2.05, 4.69) is 26.1 Å². The Morgan fingerprint density at radius 2 is 2.33 bits per heavy atom. The van der Waals surface area contributed by atoms with Crippen molar-refractivity contribution < 1.29 is 8.78 Å². The highest BCUT2D eigenvalue weighted by atomic mass is 79.9. The van der Waals surface area contributed by atoms with Gasteiger partial charge in [0.25, 0.3) is 0 Å². The summed E-state index contributed by atoms with van der Waals surface area (Å²) in [6.07, 6.45) is -1.04. The molecule has 0 aromatic carbocycles. The summed E-state index contributed by atoms with van der Waals surface area (Å²) in [6.45, 7) is -0.0987. The first-order valence-electron chi connectivity index (χ1n) is 3.33. The summed E-state index contributed by atoms with van der Waals surface area (Å²) in [6, 6.07) is 0. The third-order valence-corrected chi connectivity index (χ3v) is 2.18. The first-order chi connectivity index (χ1) is 5.66. The van der Waals surface area contributed by atoms with Gasteiger partial charge in [0.15, 0.2) is 0 Å². The average Bonchev–Trinajstić information content (AvgIpc) is 2.38. The number of nitrogens with one attached hydrogen (secondary N) is 1. The lowest BCUT2D eigenvalue weighted by atomic mass is 10.1. The number of nitrogens with two attached hydrogens (primary N) is 1. The second-order valence-corrected chi connectivity index (χ2v) is 3.16. The quantitative estimate of drug-likeness (QED) is 0.840. The predicted octanol–water partition coefficient (Wildman–Crippen LogP) is 1.48. The molecule has 0 saturated heterocycles. The lowest BCUT2D eigenvalue weighted by Gasteiger charge is -2.11. The number of aromatic amines is 1. The zero-order valence-electron chi connectivity index (χ0n) is 6.10. The number of rotatable bonds is 3. The molecule has 0 bridgehead atoms. The van der Waals surface area contributed by atoms with Crippen molar-refractivity contribution in [3.05, 3.63) is 16.4 Å². The van der Waals surface area contributed by atoms with Crippen molar-refractivity contribution in [2.75, 3.05) is 6.54 Å². The van der Waals surface area contributed by atoms with E-state index >= 15 is 0 Å². The van der Waals surface area contributed by atoms with Crippen molar-refractivity contribution in [2.45, 2.75) is 12.3 Å². The maximum atomic E-state index is 12.3. The SMILES string of the molecule is NCC(c1[nH]ncc1Br)C(F)F. The maximum Gasteiger partial charge on any atom is 0.248 e. The van der Waals surface area contributed by atoms with Crippen LogP contribution in [0, 0.1) is 0 Å². The van der Waals surface area contributed by atoms with Crippen LogP contribution in [-0.2, 0) is 0 Å². The van der Waals surface area contributed by atoms with Gasteiger partial charge >= 0.3 is 0 Å². The fourth-order valence-electron chi connectivity index (χ4n) is 0.888. The van der Waals surface area contributed by atoms with Crippen LogP contribution in [0.15, 0.2) is 10.7 Å².